The normalized spacial score (nSPS) is 18.8. The fraction of sp³-hybridized carbons (Fsp3) is 0.250. The van der Waals surface area contributed by atoms with Crippen molar-refractivity contribution in [3.8, 4) is 0 Å². The van der Waals surface area contributed by atoms with Gasteiger partial charge in [0.1, 0.15) is 5.17 Å². The Morgan fingerprint density at radius 2 is 2.50 bits per heavy atom. The molecule has 0 aromatic heterocycles. The van der Waals surface area contributed by atoms with Crippen LogP contribution in [-0.2, 0) is 0 Å². The highest BCUT2D eigenvalue weighted by Gasteiger charge is 2.01. The van der Waals surface area contributed by atoms with Crippen molar-refractivity contribution >= 4 is 28.5 Å². The molecule has 0 unspecified atom stereocenters. The van der Waals surface area contributed by atoms with Crippen molar-refractivity contribution in [3.63, 3.8) is 0 Å². The van der Waals surface area contributed by atoms with Gasteiger partial charge in [-0.15, -0.1) is 0 Å². The first-order chi connectivity index (χ1) is 3.79. The van der Waals surface area contributed by atoms with E-state index in [4.69, 9.17) is 23.4 Å². The van der Waals surface area contributed by atoms with Gasteiger partial charge < -0.3 is 0 Å². The zero-order chi connectivity index (χ0) is 5.98. The Labute approximate surface area is 57.5 Å². The summed E-state index contributed by atoms with van der Waals surface area (Å²) in [6, 6.07) is 0. The van der Waals surface area contributed by atoms with E-state index in [9.17, 15) is 0 Å². The zero-order valence-electron chi connectivity index (χ0n) is 4.01. The summed E-state index contributed by atoms with van der Waals surface area (Å²) in [6.45, 7) is 0.500. The third-order valence-corrected chi connectivity index (χ3v) is 1.17. The van der Waals surface area contributed by atoms with E-state index in [0.29, 0.717) is 11.7 Å². The van der Waals surface area contributed by atoms with Crippen molar-refractivity contribution in [1.29, 1.82) is 0 Å². The van der Waals surface area contributed by atoms with E-state index in [2.05, 4.69) is 4.99 Å². The van der Waals surface area contributed by atoms with Gasteiger partial charge in [0.15, 0.2) is 0 Å². The Morgan fingerprint density at radius 3 is 2.88 bits per heavy atom. The summed E-state index contributed by atoms with van der Waals surface area (Å²) < 4.78 is 1.44. The molecule has 2 nitrogen and oxygen atoms in total. The van der Waals surface area contributed by atoms with Crippen molar-refractivity contribution < 1.29 is 0 Å². The molecule has 0 N–H and O–H groups in total. The van der Waals surface area contributed by atoms with E-state index in [1.165, 1.54) is 4.42 Å². The molecule has 44 valence electrons. The second kappa shape index (κ2) is 2.37. The van der Waals surface area contributed by atoms with E-state index < -0.39 is 0 Å². The van der Waals surface area contributed by atoms with Gasteiger partial charge in [-0.3, -0.25) is 4.42 Å². The molecule has 0 saturated heterocycles. The second-order valence-corrected chi connectivity index (χ2v) is 2.23. The average molecular weight is 151 g/mol. The summed E-state index contributed by atoms with van der Waals surface area (Å²) >= 11 is 11.0. The van der Waals surface area contributed by atoms with Crippen molar-refractivity contribution in [1.82, 2.24) is 4.42 Å². The van der Waals surface area contributed by atoms with Crippen LogP contribution in [0, 0.1) is 0 Å². The van der Waals surface area contributed by atoms with Gasteiger partial charge in [-0.05, 0) is 0 Å². The first-order valence-corrected chi connectivity index (χ1v) is 2.82. The third kappa shape index (κ3) is 1.39. The van der Waals surface area contributed by atoms with Gasteiger partial charge in [0, 0.05) is 24.2 Å². The lowest BCUT2D eigenvalue weighted by Crippen LogP contribution is -2.14. The summed E-state index contributed by atoms with van der Waals surface area (Å²) in [5.74, 6) is 0. The van der Waals surface area contributed by atoms with Crippen LogP contribution in [-0.4, -0.2) is 16.1 Å². The van der Waals surface area contributed by atoms with E-state index in [0.717, 1.165) is 0 Å². The van der Waals surface area contributed by atoms with Crippen molar-refractivity contribution in [2.45, 2.75) is 0 Å². The largest absolute Gasteiger partial charge is 0.284 e. The van der Waals surface area contributed by atoms with Gasteiger partial charge in [0.05, 0.1) is 6.54 Å². The predicted molar refractivity (Wildman–Crippen MR) is 35.0 cm³/mol. The SMILES string of the molecule is ClC1=NC=CN(Cl)C1. The summed E-state index contributed by atoms with van der Waals surface area (Å²) in [6.07, 6.45) is 3.20. The van der Waals surface area contributed by atoms with Crippen LogP contribution < -0.4 is 0 Å². The van der Waals surface area contributed by atoms with Crippen LogP contribution in [0.1, 0.15) is 0 Å². The Morgan fingerprint density at radius 1 is 1.75 bits per heavy atom. The van der Waals surface area contributed by atoms with Gasteiger partial charge in [0.2, 0.25) is 0 Å². The molecule has 0 bridgehead atoms. The summed E-state index contributed by atoms with van der Waals surface area (Å²) in [5, 5.41) is 0.516. The van der Waals surface area contributed by atoms with Crippen LogP contribution in [0.3, 0.4) is 0 Å². The van der Waals surface area contributed by atoms with Crippen molar-refractivity contribution in [3.05, 3.63) is 12.4 Å². The molecule has 4 heteroatoms. The Bertz CT molecular complexity index is 141. The Balaban J connectivity index is 2.59. The molecule has 1 aliphatic heterocycles. The fourth-order valence-corrected chi connectivity index (χ4v) is 0.815. The Hall–Kier alpha value is -0.210. The first kappa shape index (κ1) is 5.92. The van der Waals surface area contributed by atoms with Gasteiger partial charge in [-0.1, -0.05) is 11.6 Å². The topological polar surface area (TPSA) is 15.6 Å². The maximum absolute atomic E-state index is 5.49. The smallest absolute Gasteiger partial charge is 0.127 e. The molecular weight excluding hydrogens is 147 g/mol. The van der Waals surface area contributed by atoms with Crippen LogP contribution in [0.4, 0.5) is 0 Å². The lowest BCUT2D eigenvalue weighted by molar-refractivity contribution is 0.690. The highest BCUT2D eigenvalue weighted by atomic mass is 35.5. The Kier molecular flexibility index (Phi) is 1.76. The standard InChI is InChI=1S/C4H4Cl2N2/c5-4-3-8(6)2-1-7-4/h1-2H,3H2. The number of rotatable bonds is 0. The number of aliphatic imine (C=N–C) groups is 1. The molecule has 0 amide bonds. The number of hydrogen-bond acceptors (Lipinski definition) is 2. The number of nitrogens with zero attached hydrogens (tertiary/aromatic N) is 2. The van der Waals surface area contributed by atoms with Crippen LogP contribution >= 0.6 is 23.4 Å². The highest BCUT2D eigenvalue weighted by molar-refractivity contribution is 6.66. The quantitative estimate of drug-likeness (QED) is 0.479. The highest BCUT2D eigenvalue weighted by Crippen LogP contribution is 2.03. The molecule has 0 saturated carbocycles. The molecule has 0 aliphatic carbocycles. The molecule has 1 aliphatic rings. The molecule has 0 fully saturated rings. The second-order valence-electron chi connectivity index (χ2n) is 1.36. The summed E-state index contributed by atoms with van der Waals surface area (Å²) in [5.41, 5.74) is 0. The minimum Gasteiger partial charge on any atom is -0.284 e. The van der Waals surface area contributed by atoms with Gasteiger partial charge in [-0.25, -0.2) is 4.99 Å². The number of hydrogen-bond donors (Lipinski definition) is 0. The van der Waals surface area contributed by atoms with Crippen LogP contribution in [0.5, 0.6) is 0 Å². The monoisotopic (exact) mass is 150 g/mol. The number of halogens is 2. The average Bonchev–Trinajstić information content (AvgIpc) is 1.64. The van der Waals surface area contributed by atoms with Crippen molar-refractivity contribution in [2.24, 2.45) is 4.99 Å². The molecule has 0 aromatic carbocycles. The van der Waals surface area contributed by atoms with Gasteiger partial charge >= 0.3 is 0 Å². The van der Waals surface area contributed by atoms with Crippen LogP contribution in [0.2, 0.25) is 0 Å². The molecule has 0 aromatic rings. The van der Waals surface area contributed by atoms with E-state index in [-0.39, 0.29) is 0 Å². The minimum absolute atomic E-state index is 0.500. The van der Waals surface area contributed by atoms with Gasteiger partial charge in [0.25, 0.3) is 0 Å². The van der Waals surface area contributed by atoms with Crippen molar-refractivity contribution in [2.75, 3.05) is 6.54 Å². The lowest BCUT2D eigenvalue weighted by Gasteiger charge is -2.10. The summed E-state index contributed by atoms with van der Waals surface area (Å²) in [4.78, 5) is 3.76. The molecule has 0 radical (unpaired) electrons. The maximum Gasteiger partial charge on any atom is 0.127 e. The molecule has 0 spiro atoms. The third-order valence-electron chi connectivity index (χ3n) is 0.725. The van der Waals surface area contributed by atoms with E-state index in [1.54, 1.807) is 12.4 Å². The lowest BCUT2D eigenvalue weighted by atomic mass is 10.6. The molecule has 1 heterocycles. The molecular formula is C4H4Cl2N2. The van der Waals surface area contributed by atoms with Gasteiger partial charge in [-0.2, -0.15) is 0 Å². The predicted octanol–water partition coefficient (Wildman–Crippen LogP) is 1.56. The first-order valence-electron chi connectivity index (χ1n) is 2.10. The fourth-order valence-electron chi connectivity index (χ4n) is 0.405. The molecule has 0 atom stereocenters. The molecule has 8 heavy (non-hydrogen) atoms. The van der Waals surface area contributed by atoms with E-state index in [1.807, 2.05) is 0 Å². The summed E-state index contributed by atoms with van der Waals surface area (Å²) in [7, 11) is 0. The minimum atomic E-state index is 0.500. The molecule has 1 rings (SSSR count). The van der Waals surface area contributed by atoms with Crippen LogP contribution in [0.15, 0.2) is 17.4 Å². The van der Waals surface area contributed by atoms with Crippen LogP contribution in [0.25, 0.3) is 0 Å². The van der Waals surface area contributed by atoms with E-state index >= 15 is 0 Å². The maximum atomic E-state index is 5.49. The zero-order valence-corrected chi connectivity index (χ0v) is 5.52.